The second-order valence-electron chi connectivity index (χ2n) is 5.06. The van der Waals surface area contributed by atoms with Gasteiger partial charge in [0, 0.05) is 12.0 Å². The summed E-state index contributed by atoms with van der Waals surface area (Å²) in [5.74, 6) is 4.87. The van der Waals surface area contributed by atoms with E-state index >= 15 is 0 Å². The molecule has 1 amide bonds. The lowest BCUT2D eigenvalue weighted by Gasteiger charge is -2.10. The number of hydrogen-bond donors (Lipinski definition) is 2. The molecule has 0 bridgehead atoms. The van der Waals surface area contributed by atoms with Crippen molar-refractivity contribution in [2.24, 2.45) is 5.92 Å². The van der Waals surface area contributed by atoms with Crippen LogP contribution >= 0.6 is 0 Å². The molecule has 1 saturated carbocycles. The average Bonchev–Trinajstić information content (AvgIpc) is 2.92. The van der Waals surface area contributed by atoms with Crippen LogP contribution in [0.25, 0.3) is 0 Å². The number of hydrogen-bond acceptors (Lipinski definition) is 2. The zero-order chi connectivity index (χ0) is 14.4. The third-order valence-corrected chi connectivity index (χ3v) is 3.50. The third-order valence-electron chi connectivity index (χ3n) is 3.50. The van der Waals surface area contributed by atoms with Gasteiger partial charge in [-0.3, -0.25) is 4.79 Å². The first kappa shape index (κ1) is 14.5. The first-order valence-corrected chi connectivity index (χ1v) is 6.88. The fourth-order valence-electron chi connectivity index (χ4n) is 2.51. The van der Waals surface area contributed by atoms with Crippen molar-refractivity contribution in [2.45, 2.75) is 32.1 Å². The van der Waals surface area contributed by atoms with Crippen molar-refractivity contribution in [1.82, 2.24) is 0 Å². The minimum atomic E-state index is -0.505. The lowest BCUT2D eigenvalue weighted by atomic mass is 10.0. The first-order valence-electron chi connectivity index (χ1n) is 6.88. The SMILES string of the molecule is O=C(CC1CCCC1)Nc1ccc(C#CCO)cc1F. The highest BCUT2D eigenvalue weighted by atomic mass is 19.1. The monoisotopic (exact) mass is 275 g/mol. The summed E-state index contributed by atoms with van der Waals surface area (Å²) in [7, 11) is 0. The van der Waals surface area contributed by atoms with Gasteiger partial charge in [0.15, 0.2) is 0 Å². The highest BCUT2D eigenvalue weighted by Crippen LogP contribution is 2.28. The van der Waals surface area contributed by atoms with Gasteiger partial charge in [-0.2, -0.15) is 0 Å². The largest absolute Gasteiger partial charge is 0.384 e. The molecule has 106 valence electrons. The van der Waals surface area contributed by atoms with Gasteiger partial charge in [0.05, 0.1) is 5.69 Å². The van der Waals surface area contributed by atoms with Crippen molar-refractivity contribution in [1.29, 1.82) is 0 Å². The van der Waals surface area contributed by atoms with Gasteiger partial charge in [0.2, 0.25) is 5.91 Å². The Balaban J connectivity index is 1.96. The number of rotatable bonds is 3. The third kappa shape index (κ3) is 4.07. The van der Waals surface area contributed by atoms with Crippen LogP contribution in [0.5, 0.6) is 0 Å². The summed E-state index contributed by atoms with van der Waals surface area (Å²) in [5.41, 5.74) is 0.660. The molecule has 2 rings (SSSR count). The van der Waals surface area contributed by atoms with E-state index in [2.05, 4.69) is 17.2 Å². The van der Waals surface area contributed by atoms with Crippen LogP contribution in [0.15, 0.2) is 18.2 Å². The molecule has 0 heterocycles. The van der Waals surface area contributed by atoms with Gasteiger partial charge < -0.3 is 10.4 Å². The smallest absolute Gasteiger partial charge is 0.224 e. The highest BCUT2D eigenvalue weighted by Gasteiger charge is 2.19. The summed E-state index contributed by atoms with van der Waals surface area (Å²) in [6, 6.07) is 4.38. The van der Waals surface area contributed by atoms with Crippen LogP contribution in [0.3, 0.4) is 0 Å². The Kier molecular flexibility index (Phi) is 5.14. The Labute approximate surface area is 118 Å². The molecule has 1 fully saturated rings. The number of amides is 1. The van der Waals surface area contributed by atoms with Crippen LogP contribution in [0.4, 0.5) is 10.1 Å². The second-order valence-corrected chi connectivity index (χ2v) is 5.06. The topological polar surface area (TPSA) is 49.3 Å². The van der Waals surface area contributed by atoms with E-state index in [1.807, 2.05) is 0 Å². The minimum Gasteiger partial charge on any atom is -0.384 e. The van der Waals surface area contributed by atoms with Crippen LogP contribution in [0.1, 0.15) is 37.7 Å². The van der Waals surface area contributed by atoms with Crippen molar-refractivity contribution in [3.8, 4) is 11.8 Å². The standard InChI is InChI=1S/C16H18FNO2/c17-14-10-13(6-3-9-19)7-8-15(14)18-16(20)11-12-4-1-2-5-12/h7-8,10,12,19H,1-2,4-5,9,11H2,(H,18,20). The van der Waals surface area contributed by atoms with Gasteiger partial charge in [-0.15, -0.1) is 0 Å². The highest BCUT2D eigenvalue weighted by molar-refractivity contribution is 5.91. The molecule has 0 aromatic heterocycles. The maximum Gasteiger partial charge on any atom is 0.224 e. The average molecular weight is 275 g/mol. The Hall–Kier alpha value is -1.86. The quantitative estimate of drug-likeness (QED) is 0.833. The molecule has 4 heteroatoms. The lowest BCUT2D eigenvalue weighted by molar-refractivity contribution is -0.117. The maximum atomic E-state index is 13.8. The van der Waals surface area contributed by atoms with Gasteiger partial charge in [-0.05, 0) is 37.0 Å². The summed E-state index contributed by atoms with van der Waals surface area (Å²) < 4.78 is 13.8. The van der Waals surface area contributed by atoms with Crippen LogP contribution in [-0.2, 0) is 4.79 Å². The second kappa shape index (κ2) is 7.06. The summed E-state index contributed by atoms with van der Waals surface area (Å²) in [5, 5.41) is 11.2. The number of anilines is 1. The summed E-state index contributed by atoms with van der Waals surface area (Å²) in [4.78, 5) is 11.8. The van der Waals surface area contributed by atoms with Crippen molar-refractivity contribution in [3.05, 3.63) is 29.6 Å². The molecule has 0 radical (unpaired) electrons. The van der Waals surface area contributed by atoms with Crippen LogP contribution in [0, 0.1) is 23.6 Å². The van der Waals surface area contributed by atoms with E-state index in [1.54, 1.807) is 6.07 Å². The number of nitrogens with one attached hydrogen (secondary N) is 1. The van der Waals surface area contributed by atoms with Gasteiger partial charge in [-0.1, -0.05) is 24.7 Å². The Bertz CT molecular complexity index is 539. The zero-order valence-electron chi connectivity index (χ0n) is 11.3. The zero-order valence-corrected chi connectivity index (χ0v) is 11.3. The van der Waals surface area contributed by atoms with E-state index in [0.29, 0.717) is 17.9 Å². The molecular formula is C16H18FNO2. The van der Waals surface area contributed by atoms with E-state index in [1.165, 1.54) is 25.0 Å². The van der Waals surface area contributed by atoms with Crippen molar-refractivity contribution >= 4 is 11.6 Å². The van der Waals surface area contributed by atoms with Gasteiger partial charge in [0.1, 0.15) is 12.4 Å². The number of carbonyl (C=O) groups is 1. The predicted octanol–water partition coefficient (Wildman–Crippen LogP) is 2.69. The van der Waals surface area contributed by atoms with E-state index in [4.69, 9.17) is 5.11 Å². The predicted molar refractivity (Wildman–Crippen MR) is 75.6 cm³/mol. The molecular weight excluding hydrogens is 257 g/mol. The molecule has 3 nitrogen and oxygen atoms in total. The van der Waals surface area contributed by atoms with Crippen molar-refractivity contribution in [3.63, 3.8) is 0 Å². The fraction of sp³-hybridized carbons (Fsp3) is 0.438. The molecule has 0 unspecified atom stereocenters. The van der Waals surface area contributed by atoms with E-state index in [9.17, 15) is 9.18 Å². The number of carbonyl (C=O) groups excluding carboxylic acids is 1. The minimum absolute atomic E-state index is 0.134. The Morgan fingerprint density at radius 1 is 1.40 bits per heavy atom. The van der Waals surface area contributed by atoms with Crippen LogP contribution in [0.2, 0.25) is 0 Å². The Morgan fingerprint density at radius 3 is 2.80 bits per heavy atom. The molecule has 0 saturated heterocycles. The van der Waals surface area contributed by atoms with Gasteiger partial charge >= 0.3 is 0 Å². The van der Waals surface area contributed by atoms with Crippen LogP contribution in [-0.4, -0.2) is 17.6 Å². The normalized spacial score (nSPS) is 14.7. The molecule has 1 aromatic carbocycles. The molecule has 1 aliphatic rings. The molecule has 0 atom stereocenters. The molecule has 0 spiro atoms. The van der Waals surface area contributed by atoms with E-state index in [0.717, 1.165) is 12.8 Å². The van der Waals surface area contributed by atoms with E-state index < -0.39 is 5.82 Å². The first-order chi connectivity index (χ1) is 9.69. The number of aliphatic hydroxyl groups is 1. The van der Waals surface area contributed by atoms with Crippen molar-refractivity contribution < 1.29 is 14.3 Å². The molecule has 20 heavy (non-hydrogen) atoms. The Morgan fingerprint density at radius 2 is 2.15 bits per heavy atom. The van der Waals surface area contributed by atoms with Crippen molar-refractivity contribution in [2.75, 3.05) is 11.9 Å². The number of aliphatic hydroxyl groups excluding tert-OH is 1. The lowest BCUT2D eigenvalue weighted by Crippen LogP contribution is -2.16. The van der Waals surface area contributed by atoms with E-state index in [-0.39, 0.29) is 18.2 Å². The molecule has 1 aromatic rings. The number of halogens is 1. The molecule has 1 aliphatic carbocycles. The fourth-order valence-corrected chi connectivity index (χ4v) is 2.51. The van der Waals surface area contributed by atoms with Crippen LogP contribution < -0.4 is 5.32 Å². The van der Waals surface area contributed by atoms with Gasteiger partial charge in [-0.25, -0.2) is 4.39 Å². The van der Waals surface area contributed by atoms with Gasteiger partial charge in [0.25, 0.3) is 0 Å². The summed E-state index contributed by atoms with van der Waals surface area (Å²) >= 11 is 0. The summed E-state index contributed by atoms with van der Waals surface area (Å²) in [6.07, 6.45) is 5.01. The summed E-state index contributed by atoms with van der Waals surface area (Å²) in [6.45, 7) is -0.262. The maximum absolute atomic E-state index is 13.8. The number of benzene rings is 1. The molecule has 0 aliphatic heterocycles. The molecule has 2 N–H and O–H groups in total.